The molecule has 0 bridgehead atoms. The number of nitro benzene ring substituents is 1. The van der Waals surface area contributed by atoms with Gasteiger partial charge in [-0.3, -0.25) is 15.0 Å². The number of hydrogen-bond donors (Lipinski definition) is 1. The third-order valence-electron chi connectivity index (χ3n) is 5.68. The number of carbonyl (C=O) groups is 1. The molecule has 2 N–H and O–H groups in total. The number of urea groups is 1. The number of nitrogens with two attached hydrogens (primary N) is 1. The van der Waals surface area contributed by atoms with Gasteiger partial charge in [0.1, 0.15) is 0 Å². The summed E-state index contributed by atoms with van der Waals surface area (Å²) in [5, 5.41) is 17.1. The minimum Gasteiger partial charge on any atom is -0.392 e. The van der Waals surface area contributed by atoms with Crippen molar-refractivity contribution >= 4 is 46.0 Å². The average molecular weight is 438 g/mol. The van der Waals surface area contributed by atoms with Crippen LogP contribution in [0.3, 0.4) is 0 Å². The lowest BCUT2D eigenvalue weighted by Gasteiger charge is -2.26. The summed E-state index contributed by atoms with van der Waals surface area (Å²) in [6.45, 7) is 0.0157. The van der Waals surface area contributed by atoms with Crippen molar-refractivity contribution in [2.75, 3.05) is 11.4 Å². The van der Waals surface area contributed by atoms with Crippen LogP contribution in [0, 0.1) is 16.0 Å². The van der Waals surface area contributed by atoms with Gasteiger partial charge in [-0.1, -0.05) is 49.7 Å². The van der Waals surface area contributed by atoms with Crippen LogP contribution < -0.4 is 10.6 Å². The molecule has 2 amide bonds. The minimum atomic E-state index is -0.467. The zero-order valence-corrected chi connectivity index (χ0v) is 17.8. The van der Waals surface area contributed by atoms with Gasteiger partial charge in [-0.2, -0.15) is 5.10 Å². The molecule has 0 saturated heterocycles. The lowest BCUT2D eigenvalue weighted by atomic mass is 9.83. The Balaban J connectivity index is 1.85. The molecule has 1 saturated carbocycles. The maximum absolute atomic E-state index is 13.6. The van der Waals surface area contributed by atoms with Gasteiger partial charge in [0.15, 0.2) is 0 Å². The predicted octanol–water partition coefficient (Wildman–Crippen LogP) is 4.74. The van der Waals surface area contributed by atoms with Crippen molar-refractivity contribution in [3.05, 3.63) is 64.2 Å². The topological polar surface area (TPSA) is 105 Å². The molecule has 1 heterocycles. The second-order valence-corrected chi connectivity index (χ2v) is 8.28. The number of amides is 2. The highest BCUT2D eigenvalue weighted by molar-refractivity contribution is 7.80. The second-order valence-electron chi connectivity index (χ2n) is 7.75. The highest BCUT2D eigenvalue weighted by Crippen LogP contribution is 2.37. The van der Waals surface area contributed by atoms with E-state index >= 15 is 0 Å². The molecule has 2 aliphatic rings. The highest BCUT2D eigenvalue weighted by Gasteiger charge is 2.34. The number of benzene rings is 2. The number of anilines is 2. The van der Waals surface area contributed by atoms with Gasteiger partial charge in [0.25, 0.3) is 5.69 Å². The second kappa shape index (κ2) is 8.81. The van der Waals surface area contributed by atoms with Crippen LogP contribution in [0.25, 0.3) is 0 Å². The molecule has 9 heteroatoms. The molecule has 1 aliphatic carbocycles. The third-order valence-corrected chi connectivity index (χ3v) is 5.81. The Kier molecular flexibility index (Phi) is 5.94. The standard InChI is InChI=1S/C22H23N5O3S/c23-20(31)14-25-22(28)26(16-10-12-17(13-11-16)27(29)30)19-9-5-4-8-18(19)21(24-25)15-6-2-1-3-7-15/h4-5,8-13,15H,1-3,6-7,14H2,(H2,23,31). The number of hydrazone groups is 1. The fourth-order valence-electron chi connectivity index (χ4n) is 4.23. The van der Waals surface area contributed by atoms with Crippen LogP contribution in [0.2, 0.25) is 0 Å². The van der Waals surface area contributed by atoms with E-state index in [-0.39, 0.29) is 23.1 Å². The minimum absolute atomic E-state index is 0.0157. The molecule has 31 heavy (non-hydrogen) atoms. The summed E-state index contributed by atoms with van der Waals surface area (Å²) in [7, 11) is 0. The van der Waals surface area contributed by atoms with E-state index in [0.29, 0.717) is 11.4 Å². The summed E-state index contributed by atoms with van der Waals surface area (Å²) in [6.07, 6.45) is 5.48. The summed E-state index contributed by atoms with van der Waals surface area (Å²) in [5.41, 5.74) is 8.68. The van der Waals surface area contributed by atoms with Crippen molar-refractivity contribution in [3.8, 4) is 0 Å². The zero-order valence-electron chi connectivity index (χ0n) is 16.9. The SMILES string of the molecule is NC(=S)CN1N=C(C2CCCCC2)c2ccccc2N(c2ccc([N+](=O)[O-])cc2)C1=O. The summed E-state index contributed by atoms with van der Waals surface area (Å²) in [5.74, 6) is 0.244. The molecular formula is C22H23N5O3S. The Bertz CT molecular complexity index is 1050. The molecule has 2 aromatic carbocycles. The summed E-state index contributed by atoms with van der Waals surface area (Å²) in [4.78, 5) is 25.9. The van der Waals surface area contributed by atoms with Crippen molar-refractivity contribution in [1.82, 2.24) is 5.01 Å². The van der Waals surface area contributed by atoms with Crippen molar-refractivity contribution < 1.29 is 9.72 Å². The van der Waals surface area contributed by atoms with Crippen molar-refractivity contribution in [3.63, 3.8) is 0 Å². The van der Waals surface area contributed by atoms with E-state index in [0.717, 1.165) is 37.0 Å². The van der Waals surface area contributed by atoms with Gasteiger partial charge in [0.05, 0.1) is 33.5 Å². The molecule has 0 spiro atoms. The van der Waals surface area contributed by atoms with E-state index in [9.17, 15) is 14.9 Å². The molecule has 1 fully saturated rings. The van der Waals surface area contributed by atoms with Gasteiger partial charge in [-0.05, 0) is 31.0 Å². The number of non-ortho nitro benzene ring substituents is 1. The number of rotatable bonds is 5. The van der Waals surface area contributed by atoms with Gasteiger partial charge < -0.3 is 5.73 Å². The number of nitrogens with zero attached hydrogens (tertiary/aromatic N) is 4. The normalized spacial score (nSPS) is 17.0. The first-order valence-corrected chi connectivity index (χ1v) is 10.7. The Hall–Kier alpha value is -3.33. The van der Waals surface area contributed by atoms with Crippen LogP contribution in [0.1, 0.15) is 37.7 Å². The maximum Gasteiger partial charge on any atom is 0.349 e. The third kappa shape index (κ3) is 4.27. The maximum atomic E-state index is 13.6. The molecule has 2 aromatic rings. The van der Waals surface area contributed by atoms with Crippen LogP contribution in [-0.2, 0) is 0 Å². The molecule has 8 nitrogen and oxygen atoms in total. The van der Waals surface area contributed by atoms with E-state index in [2.05, 4.69) is 0 Å². The number of para-hydroxylation sites is 1. The number of nitro groups is 1. The van der Waals surface area contributed by atoms with Crippen molar-refractivity contribution in [1.29, 1.82) is 0 Å². The Morgan fingerprint density at radius 2 is 1.81 bits per heavy atom. The lowest BCUT2D eigenvalue weighted by Crippen LogP contribution is -2.41. The molecule has 1 aliphatic heterocycles. The van der Waals surface area contributed by atoms with Crippen LogP contribution in [0.15, 0.2) is 53.6 Å². The molecule has 0 atom stereocenters. The first-order valence-electron chi connectivity index (χ1n) is 10.3. The van der Waals surface area contributed by atoms with Crippen molar-refractivity contribution in [2.24, 2.45) is 16.8 Å². The smallest absolute Gasteiger partial charge is 0.349 e. The van der Waals surface area contributed by atoms with Crippen LogP contribution >= 0.6 is 12.2 Å². The molecule has 0 aromatic heterocycles. The molecular weight excluding hydrogens is 414 g/mol. The van der Waals surface area contributed by atoms with Gasteiger partial charge in [0.2, 0.25) is 0 Å². The fraction of sp³-hybridized carbons (Fsp3) is 0.318. The first kappa shape index (κ1) is 20.9. The van der Waals surface area contributed by atoms with Gasteiger partial charge >= 0.3 is 6.03 Å². The summed E-state index contributed by atoms with van der Waals surface area (Å²) < 4.78 is 0. The Labute approximate surface area is 185 Å². The summed E-state index contributed by atoms with van der Waals surface area (Å²) >= 11 is 5.08. The fourth-order valence-corrected chi connectivity index (χ4v) is 4.35. The average Bonchev–Trinajstić information content (AvgIpc) is 2.89. The van der Waals surface area contributed by atoms with Gasteiger partial charge in [0, 0.05) is 23.6 Å². The summed E-state index contributed by atoms with van der Waals surface area (Å²) in [6, 6.07) is 13.1. The van der Waals surface area contributed by atoms with E-state index in [1.807, 2.05) is 24.3 Å². The van der Waals surface area contributed by atoms with E-state index in [1.54, 1.807) is 12.1 Å². The van der Waals surface area contributed by atoms with E-state index < -0.39 is 11.0 Å². The number of carbonyl (C=O) groups excluding carboxylic acids is 1. The lowest BCUT2D eigenvalue weighted by molar-refractivity contribution is -0.384. The molecule has 4 rings (SSSR count). The van der Waals surface area contributed by atoms with Gasteiger partial charge in [-0.15, -0.1) is 0 Å². The largest absolute Gasteiger partial charge is 0.392 e. The monoisotopic (exact) mass is 437 g/mol. The van der Waals surface area contributed by atoms with Crippen LogP contribution in [0.5, 0.6) is 0 Å². The van der Waals surface area contributed by atoms with Crippen LogP contribution in [0.4, 0.5) is 21.9 Å². The highest BCUT2D eigenvalue weighted by atomic mass is 32.1. The molecule has 0 unspecified atom stereocenters. The number of fused-ring (bicyclic) bond motifs is 1. The zero-order chi connectivity index (χ0) is 22.0. The Morgan fingerprint density at radius 3 is 2.45 bits per heavy atom. The van der Waals surface area contributed by atoms with E-state index in [1.165, 1.54) is 28.5 Å². The number of thiocarbonyl (C=S) groups is 1. The van der Waals surface area contributed by atoms with E-state index in [4.69, 9.17) is 23.1 Å². The Morgan fingerprint density at radius 1 is 1.13 bits per heavy atom. The number of hydrogen-bond acceptors (Lipinski definition) is 5. The quantitative estimate of drug-likeness (QED) is 0.413. The first-order chi connectivity index (χ1) is 15.0. The van der Waals surface area contributed by atoms with Crippen molar-refractivity contribution in [2.45, 2.75) is 32.1 Å². The molecule has 160 valence electrons. The van der Waals surface area contributed by atoms with Gasteiger partial charge in [-0.25, -0.2) is 9.80 Å². The predicted molar refractivity (Wildman–Crippen MR) is 124 cm³/mol. The molecule has 0 radical (unpaired) electrons. The van der Waals surface area contributed by atoms with Crippen LogP contribution in [-0.4, -0.2) is 33.2 Å².